The van der Waals surface area contributed by atoms with Crippen LogP contribution in [-0.4, -0.2) is 23.7 Å². The second-order valence-electron chi connectivity index (χ2n) is 2.38. The average Bonchev–Trinajstić information content (AvgIpc) is 1.88. The quantitative estimate of drug-likeness (QED) is 0.373. The molecule has 0 spiro atoms. The third-order valence-electron chi connectivity index (χ3n) is 1.40. The van der Waals surface area contributed by atoms with Crippen molar-refractivity contribution in [2.24, 2.45) is 0 Å². The van der Waals surface area contributed by atoms with Gasteiger partial charge in [-0.2, -0.15) is 0 Å². The van der Waals surface area contributed by atoms with E-state index in [2.05, 4.69) is 11.5 Å². The Labute approximate surface area is 72.4 Å². The molecule has 0 amide bonds. The van der Waals surface area contributed by atoms with Gasteiger partial charge in [-0.05, 0) is 12.8 Å². The molecule has 1 atom stereocenters. The molecular formula is C6H16ClN2O2+. The van der Waals surface area contributed by atoms with Crippen molar-refractivity contribution in [3.8, 4) is 0 Å². The molecule has 0 aliphatic heterocycles. The van der Waals surface area contributed by atoms with Gasteiger partial charge in [-0.1, -0.05) is 0 Å². The summed E-state index contributed by atoms with van der Waals surface area (Å²) in [5, 5.41) is 8.40. The van der Waals surface area contributed by atoms with Gasteiger partial charge < -0.3 is 29.0 Å². The van der Waals surface area contributed by atoms with E-state index < -0.39 is 12.0 Å². The molecule has 0 aromatic rings. The SMILES string of the molecule is [Cl-].[NH3+]CCCC[C@H]([NH3+])C(=O)O. The van der Waals surface area contributed by atoms with Gasteiger partial charge in [0, 0.05) is 6.42 Å². The zero-order valence-electron chi connectivity index (χ0n) is 6.55. The van der Waals surface area contributed by atoms with E-state index in [4.69, 9.17) is 5.11 Å². The Kier molecular flexibility index (Phi) is 9.40. The van der Waals surface area contributed by atoms with Crippen molar-refractivity contribution in [2.75, 3.05) is 6.54 Å². The van der Waals surface area contributed by atoms with Crippen LogP contribution in [-0.2, 0) is 4.79 Å². The summed E-state index contributed by atoms with van der Waals surface area (Å²) in [6.45, 7) is 0.881. The Morgan fingerprint density at radius 2 is 2.00 bits per heavy atom. The van der Waals surface area contributed by atoms with E-state index >= 15 is 0 Å². The minimum Gasteiger partial charge on any atom is -1.00 e. The van der Waals surface area contributed by atoms with Crippen molar-refractivity contribution in [3.63, 3.8) is 0 Å². The van der Waals surface area contributed by atoms with Crippen LogP contribution in [0.2, 0.25) is 0 Å². The van der Waals surface area contributed by atoms with Gasteiger partial charge in [-0.25, -0.2) is 4.79 Å². The smallest absolute Gasteiger partial charge is 0.362 e. The van der Waals surface area contributed by atoms with E-state index in [1.807, 2.05) is 0 Å². The first kappa shape index (κ1) is 13.3. The topological polar surface area (TPSA) is 92.6 Å². The Balaban J connectivity index is 0. The average molecular weight is 184 g/mol. The van der Waals surface area contributed by atoms with Crippen LogP contribution in [0.5, 0.6) is 0 Å². The van der Waals surface area contributed by atoms with Gasteiger partial charge in [0.25, 0.3) is 0 Å². The summed E-state index contributed by atoms with van der Waals surface area (Å²) in [5.41, 5.74) is 7.15. The lowest BCUT2D eigenvalue weighted by Gasteiger charge is -1.99. The van der Waals surface area contributed by atoms with Gasteiger partial charge in [0.2, 0.25) is 0 Å². The lowest BCUT2D eigenvalue weighted by molar-refractivity contribution is -0.410. The molecule has 0 aromatic heterocycles. The summed E-state index contributed by atoms with van der Waals surface area (Å²) in [4.78, 5) is 10.2. The van der Waals surface area contributed by atoms with Crippen molar-refractivity contribution in [1.82, 2.24) is 0 Å². The monoisotopic (exact) mass is 183 g/mol. The molecule has 68 valence electrons. The molecule has 0 aliphatic rings. The zero-order valence-corrected chi connectivity index (χ0v) is 7.31. The largest absolute Gasteiger partial charge is 1.00 e. The molecule has 0 unspecified atom stereocenters. The summed E-state index contributed by atoms with van der Waals surface area (Å²) in [6.07, 6.45) is 2.59. The van der Waals surface area contributed by atoms with Gasteiger partial charge in [0.05, 0.1) is 6.54 Å². The van der Waals surface area contributed by atoms with Crippen LogP contribution in [0, 0.1) is 0 Å². The van der Waals surface area contributed by atoms with Gasteiger partial charge in [-0.15, -0.1) is 0 Å². The lowest BCUT2D eigenvalue weighted by atomic mass is 10.1. The maximum atomic E-state index is 10.2. The maximum absolute atomic E-state index is 10.2. The summed E-state index contributed by atoms with van der Waals surface area (Å²) >= 11 is 0. The Morgan fingerprint density at radius 1 is 1.45 bits per heavy atom. The Morgan fingerprint density at radius 3 is 2.36 bits per heavy atom. The summed E-state index contributed by atoms with van der Waals surface area (Å²) in [6, 6.07) is -0.438. The number of hydrogen-bond donors (Lipinski definition) is 3. The summed E-state index contributed by atoms with van der Waals surface area (Å²) < 4.78 is 0. The number of rotatable bonds is 5. The molecule has 4 nitrogen and oxygen atoms in total. The molecular weight excluding hydrogens is 168 g/mol. The number of quaternary nitrogens is 2. The van der Waals surface area contributed by atoms with E-state index in [1.54, 1.807) is 0 Å². The normalized spacial score (nSPS) is 11.8. The first-order chi connectivity index (χ1) is 4.68. The standard InChI is InChI=1S/C6H14N2O2.ClH/c7-4-2-1-3-5(8)6(9)10;/h5H,1-4,7-8H2,(H,9,10);1H/p+1/t5-;/m0./s1. The van der Waals surface area contributed by atoms with Crippen LogP contribution in [0.15, 0.2) is 0 Å². The van der Waals surface area contributed by atoms with Crippen molar-refractivity contribution in [2.45, 2.75) is 25.3 Å². The number of aliphatic carboxylic acids is 1. The second-order valence-corrected chi connectivity index (χ2v) is 2.38. The Bertz CT molecular complexity index is 111. The highest BCUT2D eigenvalue weighted by Crippen LogP contribution is 1.95. The maximum Gasteiger partial charge on any atom is 0.362 e. The molecule has 0 bridgehead atoms. The molecule has 5 heteroatoms. The minimum atomic E-state index is -0.802. The molecule has 0 rings (SSSR count). The zero-order chi connectivity index (χ0) is 7.98. The number of halogens is 1. The van der Waals surface area contributed by atoms with Crippen molar-refractivity contribution >= 4 is 5.97 Å². The highest BCUT2D eigenvalue weighted by molar-refractivity contribution is 5.71. The highest BCUT2D eigenvalue weighted by Gasteiger charge is 2.13. The van der Waals surface area contributed by atoms with Gasteiger partial charge >= 0.3 is 5.97 Å². The van der Waals surface area contributed by atoms with Crippen molar-refractivity contribution < 1.29 is 33.8 Å². The summed E-state index contributed by atoms with van der Waals surface area (Å²) in [7, 11) is 0. The molecule has 0 radical (unpaired) electrons. The number of unbranched alkanes of at least 4 members (excludes halogenated alkanes) is 1. The van der Waals surface area contributed by atoms with Crippen molar-refractivity contribution in [1.29, 1.82) is 0 Å². The fourth-order valence-electron chi connectivity index (χ4n) is 0.691. The second kappa shape index (κ2) is 7.78. The van der Waals surface area contributed by atoms with Crippen LogP contribution < -0.4 is 23.9 Å². The number of carboxylic acids is 1. The number of hydrogen-bond acceptors (Lipinski definition) is 1. The van der Waals surface area contributed by atoms with Gasteiger partial charge in [-0.3, -0.25) is 0 Å². The fraction of sp³-hybridized carbons (Fsp3) is 0.833. The van der Waals surface area contributed by atoms with Crippen LogP contribution in [0.4, 0.5) is 0 Å². The molecule has 0 heterocycles. The first-order valence-corrected chi connectivity index (χ1v) is 3.53. The van der Waals surface area contributed by atoms with Crippen LogP contribution in [0.25, 0.3) is 0 Å². The predicted octanol–water partition coefficient (Wildman–Crippen LogP) is -4.90. The van der Waals surface area contributed by atoms with E-state index in [0.29, 0.717) is 6.42 Å². The first-order valence-electron chi connectivity index (χ1n) is 3.53. The lowest BCUT2D eigenvalue weighted by Crippen LogP contribution is -3.00. The van der Waals surface area contributed by atoms with Crippen molar-refractivity contribution in [3.05, 3.63) is 0 Å². The molecule has 0 aromatic carbocycles. The number of carboxylic acid groups (broad SMARTS) is 1. The molecule has 0 saturated heterocycles. The number of carbonyl (C=O) groups is 1. The third-order valence-corrected chi connectivity index (χ3v) is 1.40. The molecule has 0 fully saturated rings. The Hall–Kier alpha value is -0.320. The van der Waals surface area contributed by atoms with E-state index in [9.17, 15) is 4.79 Å². The van der Waals surface area contributed by atoms with Gasteiger partial charge in [0.1, 0.15) is 0 Å². The summed E-state index contributed by atoms with van der Waals surface area (Å²) in [5.74, 6) is -0.802. The predicted molar refractivity (Wildman–Crippen MR) is 35.9 cm³/mol. The fourth-order valence-corrected chi connectivity index (χ4v) is 0.691. The van der Waals surface area contributed by atoms with Crippen LogP contribution in [0.3, 0.4) is 0 Å². The van der Waals surface area contributed by atoms with E-state index in [-0.39, 0.29) is 12.4 Å². The van der Waals surface area contributed by atoms with E-state index in [0.717, 1.165) is 19.4 Å². The highest BCUT2D eigenvalue weighted by atomic mass is 35.5. The van der Waals surface area contributed by atoms with Crippen LogP contribution >= 0.6 is 0 Å². The molecule has 0 aliphatic carbocycles. The van der Waals surface area contributed by atoms with E-state index in [1.165, 1.54) is 0 Å². The van der Waals surface area contributed by atoms with Crippen LogP contribution in [0.1, 0.15) is 19.3 Å². The molecule has 0 saturated carbocycles. The third kappa shape index (κ3) is 7.58. The minimum absolute atomic E-state index is 0. The molecule has 11 heavy (non-hydrogen) atoms. The molecule has 7 N–H and O–H groups in total. The van der Waals surface area contributed by atoms with Gasteiger partial charge in [0.15, 0.2) is 6.04 Å².